The molecule has 2 N–H and O–H groups in total. The molecule has 2 atom stereocenters. The van der Waals surface area contributed by atoms with E-state index < -0.39 is 49.1 Å². The third kappa shape index (κ3) is 6.45. The molecule has 0 spiro atoms. The summed E-state index contributed by atoms with van der Waals surface area (Å²) in [5.74, 6) is -2.19. The number of fused-ring (bicyclic) bond motifs is 1. The Bertz CT molecular complexity index is 1160. The molecule has 0 aliphatic rings. The molecule has 0 aliphatic heterocycles. The fourth-order valence-electron chi connectivity index (χ4n) is 3.62. The van der Waals surface area contributed by atoms with Gasteiger partial charge in [-0.25, -0.2) is 13.8 Å². The van der Waals surface area contributed by atoms with Crippen LogP contribution in [0.5, 0.6) is 5.75 Å². The maximum Gasteiger partial charge on any atom is 0.389 e. The van der Waals surface area contributed by atoms with Crippen LogP contribution in [0.1, 0.15) is 42.4 Å². The Balaban J connectivity index is 1.82. The lowest BCUT2D eigenvalue weighted by molar-refractivity contribution is -0.147. The number of hydrogen-bond acceptors (Lipinski definition) is 6. The highest BCUT2D eigenvalue weighted by Gasteiger charge is 2.30. The number of nitrogens with zero attached hydrogens (tertiary/aromatic N) is 2. The van der Waals surface area contributed by atoms with Crippen molar-refractivity contribution in [1.29, 1.82) is 0 Å². The number of aliphatic hydroxyl groups is 1. The lowest BCUT2D eigenvalue weighted by atomic mass is 10.1. The van der Waals surface area contributed by atoms with Gasteiger partial charge in [-0.3, -0.25) is 14.5 Å². The largest absolute Gasteiger partial charge is 0.485 e. The first-order valence-corrected chi connectivity index (χ1v) is 10.6. The number of carbonyl (C=O) groups is 1. The molecule has 2 heterocycles. The molecular weight excluding hydrogens is 477 g/mol. The third-order valence-corrected chi connectivity index (χ3v) is 5.33. The molecule has 0 fully saturated rings. The van der Waals surface area contributed by atoms with Crippen LogP contribution in [0, 0.1) is 18.6 Å². The van der Waals surface area contributed by atoms with Crippen molar-refractivity contribution in [3.05, 3.63) is 65.1 Å². The van der Waals surface area contributed by atoms with Gasteiger partial charge in [0, 0.05) is 12.6 Å². The minimum absolute atomic E-state index is 0.173. The molecule has 0 radical (unpaired) electrons. The SMILES string of the molecule is COC(=O)C(CCCC(F)(F)F)NC(O)c1c(C)nc2c(OCc3c(F)cccc3F)cccn12. The van der Waals surface area contributed by atoms with E-state index in [1.165, 1.54) is 16.5 Å². The molecule has 190 valence electrons. The summed E-state index contributed by atoms with van der Waals surface area (Å²) in [7, 11) is 1.09. The molecule has 3 rings (SSSR count). The number of rotatable bonds is 10. The molecule has 3 aromatic rings. The topological polar surface area (TPSA) is 85.1 Å². The predicted octanol–water partition coefficient (Wildman–Crippen LogP) is 4.35. The maximum atomic E-state index is 13.9. The van der Waals surface area contributed by atoms with Crippen molar-refractivity contribution < 1.29 is 41.3 Å². The highest BCUT2D eigenvalue weighted by atomic mass is 19.4. The Kier molecular flexibility index (Phi) is 8.28. The highest BCUT2D eigenvalue weighted by Crippen LogP contribution is 2.27. The van der Waals surface area contributed by atoms with E-state index in [1.54, 1.807) is 19.2 Å². The molecule has 2 unspecified atom stereocenters. The summed E-state index contributed by atoms with van der Waals surface area (Å²) < 4.78 is 77.1. The first kappa shape index (κ1) is 26.4. The first-order valence-electron chi connectivity index (χ1n) is 10.6. The normalized spacial score (nSPS) is 13.6. The van der Waals surface area contributed by atoms with Crippen molar-refractivity contribution in [2.45, 2.75) is 51.2 Å². The quantitative estimate of drug-likeness (QED) is 0.244. The van der Waals surface area contributed by atoms with Gasteiger partial charge in [0.1, 0.15) is 30.5 Å². The number of nitrogens with one attached hydrogen (secondary N) is 1. The fourth-order valence-corrected chi connectivity index (χ4v) is 3.62. The number of benzene rings is 1. The number of pyridine rings is 1. The van der Waals surface area contributed by atoms with Crippen LogP contribution in [0.25, 0.3) is 5.65 Å². The van der Waals surface area contributed by atoms with Crippen molar-refractivity contribution in [1.82, 2.24) is 14.7 Å². The number of methoxy groups -OCH3 is 1. The van der Waals surface area contributed by atoms with Crippen LogP contribution < -0.4 is 10.1 Å². The van der Waals surface area contributed by atoms with Crippen LogP contribution >= 0.6 is 0 Å². The van der Waals surface area contributed by atoms with Gasteiger partial charge < -0.3 is 14.6 Å². The van der Waals surface area contributed by atoms with Gasteiger partial charge in [-0.15, -0.1) is 0 Å². The lowest BCUT2D eigenvalue weighted by Gasteiger charge is -2.21. The van der Waals surface area contributed by atoms with Gasteiger partial charge in [-0.1, -0.05) is 6.07 Å². The van der Waals surface area contributed by atoms with Gasteiger partial charge in [-0.05, 0) is 44.0 Å². The molecule has 7 nitrogen and oxygen atoms in total. The number of aliphatic hydroxyl groups excluding tert-OH is 1. The molecule has 0 amide bonds. The summed E-state index contributed by atoms with van der Waals surface area (Å²) in [6.07, 6.45) is -5.99. The predicted molar refractivity (Wildman–Crippen MR) is 114 cm³/mol. The van der Waals surface area contributed by atoms with E-state index in [0.717, 1.165) is 19.2 Å². The van der Waals surface area contributed by atoms with E-state index in [2.05, 4.69) is 15.0 Å². The average Bonchev–Trinajstić information content (AvgIpc) is 3.13. The zero-order valence-corrected chi connectivity index (χ0v) is 18.9. The zero-order valence-electron chi connectivity index (χ0n) is 18.9. The molecule has 35 heavy (non-hydrogen) atoms. The Morgan fingerprint density at radius 3 is 2.51 bits per heavy atom. The monoisotopic (exact) mass is 501 g/mol. The van der Waals surface area contributed by atoms with Gasteiger partial charge in [-0.2, -0.15) is 13.2 Å². The number of imidazole rings is 1. The maximum absolute atomic E-state index is 13.9. The number of aromatic nitrogens is 2. The number of esters is 1. The van der Waals surface area contributed by atoms with Crippen LogP contribution in [0.2, 0.25) is 0 Å². The third-order valence-electron chi connectivity index (χ3n) is 5.33. The first-order chi connectivity index (χ1) is 16.5. The van der Waals surface area contributed by atoms with E-state index in [9.17, 15) is 31.9 Å². The fraction of sp³-hybridized carbons (Fsp3) is 0.391. The minimum atomic E-state index is -4.38. The summed E-state index contributed by atoms with van der Waals surface area (Å²) in [4.78, 5) is 16.4. The van der Waals surface area contributed by atoms with Crippen LogP contribution in [0.15, 0.2) is 36.5 Å². The molecule has 0 aliphatic carbocycles. The number of halogens is 5. The Labute approximate surface area is 197 Å². The van der Waals surface area contributed by atoms with Crippen molar-refractivity contribution in [3.63, 3.8) is 0 Å². The van der Waals surface area contributed by atoms with Gasteiger partial charge >= 0.3 is 12.1 Å². The lowest BCUT2D eigenvalue weighted by Crippen LogP contribution is -2.40. The average molecular weight is 501 g/mol. The van der Waals surface area contributed by atoms with E-state index in [0.29, 0.717) is 5.69 Å². The number of ether oxygens (including phenoxy) is 2. The number of hydrogen-bond donors (Lipinski definition) is 2. The van der Waals surface area contributed by atoms with Crippen molar-refractivity contribution >= 4 is 11.6 Å². The molecule has 2 aromatic heterocycles. The standard InChI is InChI=1S/C23H24F5N3O4/c1-13-19(21(32)30-17(22(33)34-2)8-4-10-23(26,27)28)31-11-5-9-18(20(31)29-13)35-12-14-15(24)6-3-7-16(14)25/h3,5-7,9,11,17,21,30,32H,4,8,10,12H2,1-2H3. The second-order valence-corrected chi connectivity index (χ2v) is 7.79. The van der Waals surface area contributed by atoms with Gasteiger partial charge in [0.2, 0.25) is 0 Å². The number of aryl methyl sites for hydroxylation is 1. The van der Waals surface area contributed by atoms with Crippen LogP contribution in [0.4, 0.5) is 22.0 Å². The van der Waals surface area contributed by atoms with Gasteiger partial charge in [0.05, 0.1) is 24.1 Å². The van der Waals surface area contributed by atoms with Crippen LogP contribution in [-0.4, -0.2) is 39.8 Å². The van der Waals surface area contributed by atoms with Gasteiger partial charge in [0.25, 0.3) is 0 Å². The molecule has 0 bridgehead atoms. The summed E-state index contributed by atoms with van der Waals surface area (Å²) in [5, 5.41) is 13.4. The summed E-state index contributed by atoms with van der Waals surface area (Å²) in [5.41, 5.74) is 0.494. The van der Waals surface area contributed by atoms with Crippen molar-refractivity contribution in [2.75, 3.05) is 7.11 Å². The number of carbonyl (C=O) groups excluding carboxylic acids is 1. The summed E-state index contributed by atoms with van der Waals surface area (Å²) in [6.45, 7) is 1.16. The Hall–Kier alpha value is -3.25. The van der Waals surface area contributed by atoms with E-state index in [4.69, 9.17) is 4.74 Å². The van der Waals surface area contributed by atoms with E-state index in [-0.39, 0.29) is 35.5 Å². The zero-order chi connectivity index (χ0) is 25.8. The molecular formula is C23H24F5N3O4. The van der Waals surface area contributed by atoms with Crippen molar-refractivity contribution in [2.24, 2.45) is 0 Å². The Morgan fingerprint density at radius 1 is 1.20 bits per heavy atom. The second kappa shape index (κ2) is 11.0. The molecule has 1 aromatic carbocycles. The summed E-state index contributed by atoms with van der Waals surface area (Å²) in [6, 6.07) is 5.32. The summed E-state index contributed by atoms with van der Waals surface area (Å²) >= 11 is 0. The van der Waals surface area contributed by atoms with Crippen LogP contribution in [0.3, 0.4) is 0 Å². The molecule has 0 saturated heterocycles. The van der Waals surface area contributed by atoms with Crippen molar-refractivity contribution in [3.8, 4) is 5.75 Å². The minimum Gasteiger partial charge on any atom is -0.485 e. The van der Waals surface area contributed by atoms with Crippen LogP contribution in [-0.2, 0) is 16.1 Å². The molecule has 12 heteroatoms. The smallest absolute Gasteiger partial charge is 0.389 e. The van der Waals surface area contributed by atoms with Gasteiger partial charge in [0.15, 0.2) is 11.4 Å². The molecule has 0 saturated carbocycles. The Morgan fingerprint density at radius 2 is 1.89 bits per heavy atom. The number of alkyl halides is 3. The van der Waals surface area contributed by atoms with E-state index >= 15 is 0 Å². The van der Waals surface area contributed by atoms with E-state index in [1.807, 2.05) is 0 Å². The highest BCUT2D eigenvalue weighted by molar-refractivity contribution is 5.75. The second-order valence-electron chi connectivity index (χ2n) is 7.79.